The van der Waals surface area contributed by atoms with Gasteiger partial charge in [-0.15, -0.1) is 0 Å². The highest BCUT2D eigenvalue weighted by Crippen LogP contribution is 2.25. The van der Waals surface area contributed by atoms with Crippen molar-refractivity contribution < 1.29 is 10.2 Å². The summed E-state index contributed by atoms with van der Waals surface area (Å²) >= 11 is 0. The van der Waals surface area contributed by atoms with Gasteiger partial charge in [-0.3, -0.25) is 0 Å². The van der Waals surface area contributed by atoms with Gasteiger partial charge in [-0.05, 0) is 38.5 Å². The zero-order valence-corrected chi connectivity index (χ0v) is 8.73. The summed E-state index contributed by atoms with van der Waals surface area (Å²) in [6.45, 7) is 2.02. The van der Waals surface area contributed by atoms with Gasteiger partial charge in [0.25, 0.3) is 0 Å². The van der Waals surface area contributed by atoms with Crippen LogP contribution in [-0.4, -0.2) is 46.5 Å². The third kappa shape index (κ3) is 2.47. The smallest absolute Gasteiger partial charge is 0.0564 e. The largest absolute Gasteiger partial charge is 0.393 e. The number of hydrogen-bond acceptors (Lipinski definition) is 3. The molecule has 0 radical (unpaired) electrons. The van der Waals surface area contributed by atoms with E-state index in [1.165, 1.54) is 6.42 Å². The molecule has 3 heteroatoms. The Morgan fingerprint density at radius 1 is 0.857 bits per heavy atom. The molecule has 0 aromatic rings. The average molecular weight is 199 g/mol. The fourth-order valence-corrected chi connectivity index (χ4v) is 2.72. The first-order valence-electron chi connectivity index (χ1n) is 5.86. The van der Waals surface area contributed by atoms with E-state index in [9.17, 15) is 10.2 Å². The molecule has 2 unspecified atom stereocenters. The van der Waals surface area contributed by atoms with Crippen molar-refractivity contribution in [2.75, 3.05) is 13.1 Å². The standard InChI is InChI=1S/C11H21NO2/c13-10-4-6-12(7-5-10)9-2-1-3-11(14)8-9/h9-11,13-14H,1-8H2. The van der Waals surface area contributed by atoms with Crippen LogP contribution in [0.1, 0.15) is 38.5 Å². The van der Waals surface area contributed by atoms with E-state index in [4.69, 9.17) is 0 Å². The number of aliphatic hydroxyl groups excluding tert-OH is 2. The predicted molar refractivity (Wildman–Crippen MR) is 55.1 cm³/mol. The molecule has 0 aromatic heterocycles. The van der Waals surface area contributed by atoms with Gasteiger partial charge in [-0.1, -0.05) is 0 Å². The second-order valence-corrected chi connectivity index (χ2v) is 4.74. The zero-order chi connectivity index (χ0) is 9.97. The van der Waals surface area contributed by atoms with Gasteiger partial charge < -0.3 is 15.1 Å². The van der Waals surface area contributed by atoms with Crippen LogP contribution < -0.4 is 0 Å². The van der Waals surface area contributed by atoms with Crippen molar-refractivity contribution in [1.82, 2.24) is 4.90 Å². The highest BCUT2D eigenvalue weighted by atomic mass is 16.3. The van der Waals surface area contributed by atoms with Crippen molar-refractivity contribution in [3.8, 4) is 0 Å². The van der Waals surface area contributed by atoms with Gasteiger partial charge in [0.1, 0.15) is 0 Å². The number of piperidine rings is 1. The van der Waals surface area contributed by atoms with Crippen molar-refractivity contribution >= 4 is 0 Å². The van der Waals surface area contributed by atoms with Crippen LogP contribution in [0.2, 0.25) is 0 Å². The van der Waals surface area contributed by atoms with Crippen LogP contribution >= 0.6 is 0 Å². The summed E-state index contributed by atoms with van der Waals surface area (Å²) < 4.78 is 0. The van der Waals surface area contributed by atoms with Crippen LogP contribution in [0.3, 0.4) is 0 Å². The number of nitrogens with zero attached hydrogens (tertiary/aromatic N) is 1. The van der Waals surface area contributed by atoms with Gasteiger partial charge in [0.2, 0.25) is 0 Å². The summed E-state index contributed by atoms with van der Waals surface area (Å²) in [5.41, 5.74) is 0. The van der Waals surface area contributed by atoms with E-state index in [-0.39, 0.29) is 12.2 Å². The van der Waals surface area contributed by atoms with E-state index in [0.717, 1.165) is 45.2 Å². The Balaban J connectivity index is 1.82. The Morgan fingerprint density at radius 3 is 2.21 bits per heavy atom. The third-order valence-electron chi connectivity index (χ3n) is 3.63. The zero-order valence-electron chi connectivity index (χ0n) is 8.73. The van der Waals surface area contributed by atoms with Crippen molar-refractivity contribution in [1.29, 1.82) is 0 Å². The van der Waals surface area contributed by atoms with Crippen molar-refractivity contribution in [3.63, 3.8) is 0 Å². The topological polar surface area (TPSA) is 43.7 Å². The lowest BCUT2D eigenvalue weighted by Crippen LogP contribution is -2.45. The van der Waals surface area contributed by atoms with Crippen LogP contribution in [0.25, 0.3) is 0 Å². The molecule has 1 saturated heterocycles. The van der Waals surface area contributed by atoms with E-state index in [2.05, 4.69) is 4.90 Å². The lowest BCUT2D eigenvalue weighted by molar-refractivity contribution is 0.0215. The summed E-state index contributed by atoms with van der Waals surface area (Å²) in [5.74, 6) is 0. The molecule has 0 spiro atoms. The maximum absolute atomic E-state index is 9.59. The average Bonchev–Trinajstić information content (AvgIpc) is 2.19. The Labute approximate surface area is 85.7 Å². The molecule has 2 atom stereocenters. The summed E-state index contributed by atoms with van der Waals surface area (Å²) in [6.07, 6.45) is 5.96. The first kappa shape index (κ1) is 10.4. The van der Waals surface area contributed by atoms with Crippen molar-refractivity contribution in [2.24, 2.45) is 0 Å². The molecule has 0 aromatic carbocycles. The maximum atomic E-state index is 9.59. The second kappa shape index (κ2) is 4.60. The normalized spacial score (nSPS) is 37.3. The molecule has 3 nitrogen and oxygen atoms in total. The minimum atomic E-state index is -0.0836. The molecule has 82 valence electrons. The lowest BCUT2D eigenvalue weighted by atomic mass is 9.90. The number of likely N-dealkylation sites (tertiary alicyclic amines) is 1. The predicted octanol–water partition coefficient (Wildman–Crippen LogP) is 0.747. The summed E-state index contributed by atoms with van der Waals surface area (Å²) in [5, 5.41) is 19.0. The van der Waals surface area contributed by atoms with Gasteiger partial charge in [0.15, 0.2) is 0 Å². The van der Waals surface area contributed by atoms with E-state index in [1.54, 1.807) is 0 Å². The molecule has 0 bridgehead atoms. The van der Waals surface area contributed by atoms with E-state index in [0.29, 0.717) is 6.04 Å². The first-order chi connectivity index (χ1) is 6.75. The quantitative estimate of drug-likeness (QED) is 0.655. The molecule has 0 amide bonds. The molecule has 2 fully saturated rings. The van der Waals surface area contributed by atoms with Crippen LogP contribution in [0.5, 0.6) is 0 Å². The number of aliphatic hydroxyl groups is 2. The molecule has 2 aliphatic rings. The highest BCUT2D eigenvalue weighted by Gasteiger charge is 2.28. The Kier molecular flexibility index (Phi) is 3.42. The third-order valence-corrected chi connectivity index (χ3v) is 3.63. The van der Waals surface area contributed by atoms with Crippen LogP contribution in [0, 0.1) is 0 Å². The highest BCUT2D eigenvalue weighted by molar-refractivity contribution is 4.83. The molecule has 2 rings (SSSR count). The van der Waals surface area contributed by atoms with Gasteiger partial charge >= 0.3 is 0 Å². The molecule has 1 saturated carbocycles. The summed E-state index contributed by atoms with van der Waals surface area (Å²) in [7, 11) is 0. The van der Waals surface area contributed by atoms with Crippen LogP contribution in [0.15, 0.2) is 0 Å². The van der Waals surface area contributed by atoms with Gasteiger partial charge in [0, 0.05) is 19.1 Å². The van der Waals surface area contributed by atoms with Crippen molar-refractivity contribution in [2.45, 2.75) is 56.8 Å². The minimum absolute atomic E-state index is 0.0828. The molecule has 1 aliphatic heterocycles. The number of rotatable bonds is 1. The minimum Gasteiger partial charge on any atom is -0.393 e. The molecule has 1 heterocycles. The van der Waals surface area contributed by atoms with E-state index < -0.39 is 0 Å². The molecular weight excluding hydrogens is 178 g/mol. The fourth-order valence-electron chi connectivity index (χ4n) is 2.72. The Morgan fingerprint density at radius 2 is 1.57 bits per heavy atom. The van der Waals surface area contributed by atoms with Crippen LogP contribution in [-0.2, 0) is 0 Å². The van der Waals surface area contributed by atoms with Gasteiger partial charge in [0.05, 0.1) is 12.2 Å². The molecular formula is C11H21NO2. The fraction of sp³-hybridized carbons (Fsp3) is 1.00. The molecule has 14 heavy (non-hydrogen) atoms. The number of hydrogen-bond donors (Lipinski definition) is 2. The summed E-state index contributed by atoms with van der Waals surface area (Å²) in [6, 6.07) is 0.575. The van der Waals surface area contributed by atoms with Gasteiger partial charge in [-0.2, -0.15) is 0 Å². The van der Waals surface area contributed by atoms with E-state index >= 15 is 0 Å². The lowest BCUT2D eigenvalue weighted by Gasteiger charge is -2.39. The first-order valence-corrected chi connectivity index (χ1v) is 5.86. The summed E-state index contributed by atoms with van der Waals surface area (Å²) in [4.78, 5) is 2.45. The van der Waals surface area contributed by atoms with Gasteiger partial charge in [-0.25, -0.2) is 0 Å². The Hall–Kier alpha value is -0.120. The second-order valence-electron chi connectivity index (χ2n) is 4.74. The molecule has 1 aliphatic carbocycles. The SMILES string of the molecule is OC1CCN(C2CCCC(O)C2)CC1. The Bertz CT molecular complexity index is 178. The van der Waals surface area contributed by atoms with Crippen molar-refractivity contribution in [3.05, 3.63) is 0 Å². The monoisotopic (exact) mass is 199 g/mol. The van der Waals surface area contributed by atoms with Crippen LogP contribution in [0.4, 0.5) is 0 Å². The van der Waals surface area contributed by atoms with E-state index in [1.807, 2.05) is 0 Å². The molecule has 2 N–H and O–H groups in total. The maximum Gasteiger partial charge on any atom is 0.0564 e.